The number of nitrogens with zero attached hydrogens (tertiary/aromatic N) is 2. The van der Waals surface area contributed by atoms with Crippen molar-refractivity contribution in [1.82, 2.24) is 9.27 Å². The van der Waals surface area contributed by atoms with Gasteiger partial charge in [0.1, 0.15) is 0 Å². The van der Waals surface area contributed by atoms with Crippen LogP contribution in [-0.4, -0.2) is 34.4 Å². The highest BCUT2D eigenvalue weighted by molar-refractivity contribution is 7.03. The van der Waals surface area contributed by atoms with Crippen LogP contribution in [0.4, 0.5) is 13.2 Å². The number of halogens is 3. The fourth-order valence-electron chi connectivity index (χ4n) is 2.01. The predicted molar refractivity (Wildman–Crippen MR) is 59.8 cm³/mol. The molecule has 1 aliphatic heterocycles. The van der Waals surface area contributed by atoms with Crippen molar-refractivity contribution in [2.45, 2.75) is 24.6 Å². The standard InChI is InChI=1S/C10H12F3N3OS/c11-10(12,13)8(17)16-4-2-9(14,3-5-16)7-1-6-18-15-7/h1,6H,2-5,14H2. The fraction of sp³-hybridized carbons (Fsp3) is 0.600. The number of carbonyl (C=O) groups excluding carboxylic acids is 1. The smallest absolute Gasteiger partial charge is 0.335 e. The van der Waals surface area contributed by atoms with Gasteiger partial charge in [0.2, 0.25) is 0 Å². The molecule has 1 aromatic heterocycles. The molecule has 0 unspecified atom stereocenters. The number of rotatable bonds is 1. The zero-order valence-corrected chi connectivity index (χ0v) is 10.2. The third-order valence-electron chi connectivity index (χ3n) is 3.13. The molecule has 1 aromatic rings. The monoisotopic (exact) mass is 279 g/mol. The molecule has 8 heteroatoms. The van der Waals surface area contributed by atoms with E-state index < -0.39 is 17.6 Å². The first-order chi connectivity index (χ1) is 8.33. The third-order valence-corrected chi connectivity index (χ3v) is 3.69. The molecule has 18 heavy (non-hydrogen) atoms. The molecule has 1 fully saturated rings. The van der Waals surface area contributed by atoms with Gasteiger partial charge in [0.15, 0.2) is 0 Å². The molecule has 0 saturated carbocycles. The van der Waals surface area contributed by atoms with E-state index in [4.69, 9.17) is 5.73 Å². The molecule has 0 bridgehead atoms. The van der Waals surface area contributed by atoms with Gasteiger partial charge in [-0.1, -0.05) is 0 Å². The number of nitrogens with two attached hydrogens (primary N) is 1. The first kappa shape index (κ1) is 13.3. The van der Waals surface area contributed by atoms with Crippen molar-refractivity contribution >= 4 is 17.4 Å². The Morgan fingerprint density at radius 3 is 2.50 bits per heavy atom. The summed E-state index contributed by atoms with van der Waals surface area (Å²) < 4.78 is 40.9. The van der Waals surface area contributed by atoms with Crippen LogP contribution in [0.15, 0.2) is 11.4 Å². The molecule has 0 spiro atoms. The summed E-state index contributed by atoms with van der Waals surface area (Å²) in [5.74, 6) is -1.79. The molecule has 0 aromatic carbocycles. The lowest BCUT2D eigenvalue weighted by Gasteiger charge is -2.38. The van der Waals surface area contributed by atoms with Crippen molar-refractivity contribution in [3.8, 4) is 0 Å². The summed E-state index contributed by atoms with van der Waals surface area (Å²) in [5, 5.41) is 1.77. The third kappa shape index (κ3) is 2.49. The summed E-state index contributed by atoms with van der Waals surface area (Å²) in [6.07, 6.45) is -4.23. The van der Waals surface area contributed by atoms with Crippen LogP contribution in [0, 0.1) is 0 Å². The van der Waals surface area contributed by atoms with E-state index in [9.17, 15) is 18.0 Å². The minimum Gasteiger partial charge on any atom is -0.335 e. The Hall–Kier alpha value is -1.15. The highest BCUT2D eigenvalue weighted by atomic mass is 32.1. The van der Waals surface area contributed by atoms with Crippen molar-refractivity contribution in [2.24, 2.45) is 5.73 Å². The molecule has 1 aliphatic rings. The average Bonchev–Trinajstić information content (AvgIpc) is 2.82. The van der Waals surface area contributed by atoms with Gasteiger partial charge in [-0.25, -0.2) is 0 Å². The largest absolute Gasteiger partial charge is 0.471 e. The highest BCUT2D eigenvalue weighted by Gasteiger charge is 2.45. The summed E-state index contributed by atoms with van der Waals surface area (Å²) in [4.78, 5) is 11.9. The van der Waals surface area contributed by atoms with Gasteiger partial charge in [0.05, 0.1) is 11.2 Å². The lowest BCUT2D eigenvalue weighted by atomic mass is 9.85. The van der Waals surface area contributed by atoms with Crippen molar-refractivity contribution in [3.05, 3.63) is 17.1 Å². The fourth-order valence-corrected chi connectivity index (χ4v) is 2.62. The molecular weight excluding hydrogens is 267 g/mol. The van der Waals surface area contributed by atoms with Gasteiger partial charge >= 0.3 is 12.1 Å². The van der Waals surface area contributed by atoms with E-state index in [0.717, 1.165) is 4.90 Å². The van der Waals surface area contributed by atoms with E-state index in [2.05, 4.69) is 4.37 Å². The van der Waals surface area contributed by atoms with Crippen LogP contribution in [-0.2, 0) is 10.3 Å². The normalized spacial score (nSPS) is 19.9. The molecule has 2 rings (SSSR count). The number of carbonyl (C=O) groups is 1. The van der Waals surface area contributed by atoms with Gasteiger partial charge in [0.25, 0.3) is 0 Å². The molecule has 0 atom stereocenters. The minimum absolute atomic E-state index is 0.00632. The lowest BCUT2D eigenvalue weighted by molar-refractivity contribution is -0.187. The van der Waals surface area contributed by atoms with Crippen LogP contribution < -0.4 is 5.73 Å². The molecule has 1 saturated heterocycles. The van der Waals surface area contributed by atoms with Crippen molar-refractivity contribution in [3.63, 3.8) is 0 Å². The first-order valence-corrected chi connectivity index (χ1v) is 6.22. The van der Waals surface area contributed by atoms with Crippen molar-refractivity contribution in [2.75, 3.05) is 13.1 Å². The van der Waals surface area contributed by atoms with Crippen LogP contribution in [0.25, 0.3) is 0 Å². The molecule has 0 radical (unpaired) electrons. The maximum atomic E-state index is 12.3. The van der Waals surface area contributed by atoms with E-state index in [1.54, 1.807) is 11.4 Å². The molecule has 4 nitrogen and oxygen atoms in total. The first-order valence-electron chi connectivity index (χ1n) is 5.39. The molecule has 1 amide bonds. The number of hydrogen-bond acceptors (Lipinski definition) is 4. The Labute approximate surface area is 106 Å². The van der Waals surface area contributed by atoms with Crippen molar-refractivity contribution in [1.29, 1.82) is 0 Å². The second-order valence-corrected chi connectivity index (χ2v) is 5.00. The summed E-state index contributed by atoms with van der Waals surface area (Å²) >= 11 is 1.25. The molecule has 0 aliphatic carbocycles. The van der Waals surface area contributed by atoms with Crippen molar-refractivity contribution < 1.29 is 18.0 Å². The van der Waals surface area contributed by atoms with Crippen LogP contribution in [0.5, 0.6) is 0 Å². The second kappa shape index (κ2) is 4.51. The number of alkyl halides is 3. The summed E-state index contributed by atoms with van der Waals surface area (Å²) in [6.45, 7) is 0.0126. The maximum Gasteiger partial charge on any atom is 0.471 e. The zero-order chi connectivity index (χ0) is 13.4. The lowest BCUT2D eigenvalue weighted by Crippen LogP contribution is -2.52. The molecular formula is C10H12F3N3OS. The second-order valence-electron chi connectivity index (χ2n) is 4.33. The van der Waals surface area contributed by atoms with E-state index in [1.165, 1.54) is 11.5 Å². The molecule has 2 heterocycles. The SMILES string of the molecule is NC1(c2ccsn2)CCN(C(=O)C(F)(F)F)CC1. The van der Waals surface area contributed by atoms with Crippen LogP contribution >= 0.6 is 11.5 Å². The van der Waals surface area contributed by atoms with Crippen LogP contribution in [0.3, 0.4) is 0 Å². The Balaban J connectivity index is 2.02. The van der Waals surface area contributed by atoms with Gasteiger partial charge in [-0.3, -0.25) is 4.79 Å². The van der Waals surface area contributed by atoms with E-state index in [0.29, 0.717) is 18.5 Å². The minimum atomic E-state index is -4.81. The number of aromatic nitrogens is 1. The number of piperidine rings is 1. The quantitative estimate of drug-likeness (QED) is 0.847. The van der Waals surface area contributed by atoms with Crippen LogP contribution in [0.1, 0.15) is 18.5 Å². The maximum absolute atomic E-state index is 12.3. The number of amides is 1. The Bertz CT molecular complexity index is 424. The van der Waals surface area contributed by atoms with E-state index in [-0.39, 0.29) is 13.1 Å². The van der Waals surface area contributed by atoms with Gasteiger partial charge < -0.3 is 10.6 Å². The van der Waals surface area contributed by atoms with Gasteiger partial charge in [-0.05, 0) is 30.4 Å². The zero-order valence-electron chi connectivity index (χ0n) is 9.41. The summed E-state index contributed by atoms with van der Waals surface area (Å²) in [7, 11) is 0. The number of likely N-dealkylation sites (tertiary alicyclic amines) is 1. The Kier molecular flexibility index (Phi) is 3.33. The summed E-state index contributed by atoms with van der Waals surface area (Å²) in [6, 6.07) is 1.77. The number of hydrogen-bond donors (Lipinski definition) is 1. The summed E-state index contributed by atoms with van der Waals surface area (Å²) in [5.41, 5.74) is 6.09. The van der Waals surface area contributed by atoms with E-state index >= 15 is 0 Å². The van der Waals surface area contributed by atoms with Crippen LogP contribution in [0.2, 0.25) is 0 Å². The molecule has 2 N–H and O–H groups in total. The Morgan fingerprint density at radius 2 is 2.06 bits per heavy atom. The van der Waals surface area contributed by atoms with Gasteiger partial charge in [-0.2, -0.15) is 17.5 Å². The Morgan fingerprint density at radius 1 is 1.44 bits per heavy atom. The topological polar surface area (TPSA) is 59.2 Å². The van der Waals surface area contributed by atoms with Gasteiger partial charge in [0, 0.05) is 18.5 Å². The highest BCUT2D eigenvalue weighted by Crippen LogP contribution is 2.31. The molecule has 100 valence electrons. The van der Waals surface area contributed by atoms with Gasteiger partial charge in [-0.15, -0.1) is 0 Å². The predicted octanol–water partition coefficient (Wildman–Crippen LogP) is 1.48. The average molecular weight is 279 g/mol. The van der Waals surface area contributed by atoms with E-state index in [1.807, 2.05) is 0 Å².